The molecule has 132 valence electrons. The fourth-order valence-electron chi connectivity index (χ4n) is 2.91. The molecule has 1 fully saturated rings. The molecule has 0 heterocycles. The van der Waals surface area contributed by atoms with Gasteiger partial charge in [-0.3, -0.25) is 4.79 Å². The molecule has 0 radical (unpaired) electrons. The van der Waals surface area contributed by atoms with Crippen molar-refractivity contribution in [1.29, 1.82) is 0 Å². The summed E-state index contributed by atoms with van der Waals surface area (Å²) in [5.41, 5.74) is 6.51. The van der Waals surface area contributed by atoms with Crippen LogP contribution in [0.1, 0.15) is 37.3 Å². The monoisotopic (exact) mass is 381 g/mol. The molecule has 1 aromatic carbocycles. The number of nitrogens with two attached hydrogens (primary N) is 1. The largest absolute Gasteiger partial charge is 0.353 e. The zero-order chi connectivity index (χ0) is 15.5. The van der Waals surface area contributed by atoms with Crippen molar-refractivity contribution in [3.63, 3.8) is 0 Å². The molecule has 23 heavy (non-hydrogen) atoms. The Hall–Kier alpha value is -0.520. The van der Waals surface area contributed by atoms with Crippen LogP contribution in [0.4, 0.5) is 0 Å². The summed E-state index contributed by atoms with van der Waals surface area (Å²) in [5.74, 6) is -0.0427. The fraction of sp³-hybridized carbons (Fsp3) is 0.562. The number of rotatable bonds is 5. The first-order valence-electron chi connectivity index (χ1n) is 7.42. The predicted octanol–water partition coefficient (Wildman–Crippen LogP) is 3.17. The fourth-order valence-corrected chi connectivity index (χ4v) is 3.18. The second kappa shape index (κ2) is 9.70. The molecule has 3 N–H and O–H groups in total. The molecule has 1 aliphatic carbocycles. The molecule has 1 unspecified atom stereocenters. The zero-order valence-corrected chi connectivity index (χ0v) is 15.9. The van der Waals surface area contributed by atoms with Crippen LogP contribution in [0.3, 0.4) is 0 Å². The smallest absolute Gasteiger partial charge is 0.240 e. The average molecular weight is 383 g/mol. The summed E-state index contributed by atoms with van der Waals surface area (Å²) in [4.78, 5) is 14.4. The van der Waals surface area contributed by atoms with Gasteiger partial charge in [0.2, 0.25) is 5.91 Å². The van der Waals surface area contributed by atoms with E-state index in [9.17, 15) is 4.79 Å². The first kappa shape index (κ1) is 22.5. The minimum absolute atomic E-state index is 0. The van der Waals surface area contributed by atoms with E-state index >= 15 is 0 Å². The van der Waals surface area contributed by atoms with Crippen LogP contribution in [0.2, 0.25) is 5.02 Å². The third-order valence-corrected chi connectivity index (χ3v) is 4.64. The molecule has 4 nitrogen and oxygen atoms in total. The van der Waals surface area contributed by atoms with Gasteiger partial charge in [-0.25, -0.2) is 0 Å². The molecule has 1 saturated carbocycles. The minimum atomic E-state index is -0.683. The van der Waals surface area contributed by atoms with Crippen LogP contribution in [0, 0.1) is 0 Å². The summed E-state index contributed by atoms with van der Waals surface area (Å²) in [6, 6.07) is 7.77. The predicted molar refractivity (Wildman–Crippen MR) is 101 cm³/mol. The number of likely N-dealkylation sites (N-methyl/N-ethyl adjacent to an activating group) is 1. The van der Waals surface area contributed by atoms with Gasteiger partial charge < -0.3 is 16.0 Å². The Morgan fingerprint density at radius 1 is 1.30 bits per heavy atom. The van der Waals surface area contributed by atoms with Crippen molar-refractivity contribution in [2.24, 2.45) is 5.73 Å². The summed E-state index contributed by atoms with van der Waals surface area (Å²) in [6.07, 6.45) is 3.62. The van der Waals surface area contributed by atoms with E-state index in [0.29, 0.717) is 11.6 Å². The van der Waals surface area contributed by atoms with Crippen LogP contribution >= 0.6 is 36.4 Å². The normalized spacial score (nSPS) is 17.1. The maximum absolute atomic E-state index is 12.3. The Balaban J connectivity index is 0.00000242. The van der Waals surface area contributed by atoms with E-state index < -0.39 is 5.54 Å². The lowest BCUT2D eigenvalue weighted by molar-refractivity contribution is -0.126. The van der Waals surface area contributed by atoms with E-state index in [1.165, 1.54) is 0 Å². The highest BCUT2D eigenvalue weighted by atomic mass is 35.5. The number of hydrogen-bond donors (Lipinski definition) is 2. The van der Waals surface area contributed by atoms with Gasteiger partial charge in [0.25, 0.3) is 0 Å². The van der Waals surface area contributed by atoms with Crippen molar-refractivity contribution in [2.75, 3.05) is 20.6 Å². The van der Waals surface area contributed by atoms with Crippen molar-refractivity contribution in [3.05, 3.63) is 34.9 Å². The maximum atomic E-state index is 12.3. The van der Waals surface area contributed by atoms with Gasteiger partial charge in [-0.2, -0.15) is 0 Å². The van der Waals surface area contributed by atoms with Gasteiger partial charge >= 0.3 is 0 Å². The lowest BCUT2D eigenvalue weighted by atomic mass is 9.97. The van der Waals surface area contributed by atoms with E-state index in [1.54, 1.807) is 0 Å². The van der Waals surface area contributed by atoms with E-state index in [4.69, 9.17) is 17.3 Å². The molecule has 1 aromatic rings. The van der Waals surface area contributed by atoms with E-state index in [1.807, 2.05) is 38.4 Å². The number of carbonyl (C=O) groups excluding carboxylic acids is 1. The first-order valence-corrected chi connectivity index (χ1v) is 7.80. The standard InChI is InChI=1S/C16H24ClN3O.2ClH/c1-20(2)14(12-7-3-4-8-13(12)17)11-19-15(21)16(18)9-5-6-10-16;;/h3-4,7-8,14H,5-6,9-11,18H2,1-2H3,(H,19,21);2*1H. The minimum Gasteiger partial charge on any atom is -0.353 e. The molecule has 0 spiro atoms. The zero-order valence-electron chi connectivity index (χ0n) is 13.5. The second-order valence-corrected chi connectivity index (χ2v) is 6.48. The topological polar surface area (TPSA) is 58.4 Å². The summed E-state index contributed by atoms with van der Waals surface area (Å²) in [7, 11) is 3.96. The van der Waals surface area contributed by atoms with Crippen molar-refractivity contribution < 1.29 is 4.79 Å². The lowest BCUT2D eigenvalue weighted by Gasteiger charge is -2.28. The molecule has 1 aliphatic rings. The van der Waals surface area contributed by atoms with Crippen LogP contribution in [0.15, 0.2) is 24.3 Å². The highest BCUT2D eigenvalue weighted by Gasteiger charge is 2.37. The van der Waals surface area contributed by atoms with Gasteiger partial charge in [-0.15, -0.1) is 24.8 Å². The van der Waals surface area contributed by atoms with E-state index in [-0.39, 0.29) is 36.8 Å². The first-order chi connectivity index (χ1) is 9.94. The number of nitrogens with one attached hydrogen (secondary N) is 1. The van der Waals surface area contributed by atoms with Gasteiger partial charge in [0, 0.05) is 11.6 Å². The third kappa shape index (κ3) is 5.50. The quantitative estimate of drug-likeness (QED) is 0.822. The van der Waals surface area contributed by atoms with Crippen molar-refractivity contribution in [3.8, 4) is 0 Å². The van der Waals surface area contributed by atoms with Crippen LogP contribution in [0.25, 0.3) is 0 Å². The Bertz CT molecular complexity index is 505. The Labute approximate surface area is 155 Å². The van der Waals surface area contributed by atoms with E-state index in [2.05, 4.69) is 10.2 Å². The molecule has 0 bridgehead atoms. The molecule has 0 aromatic heterocycles. The number of amides is 1. The number of carbonyl (C=O) groups is 1. The number of hydrogen-bond acceptors (Lipinski definition) is 3. The van der Waals surface area contributed by atoms with Crippen molar-refractivity contribution >= 4 is 42.3 Å². The van der Waals surface area contributed by atoms with Crippen molar-refractivity contribution in [2.45, 2.75) is 37.3 Å². The lowest BCUT2D eigenvalue weighted by Crippen LogP contribution is -2.53. The molecule has 7 heteroatoms. The van der Waals surface area contributed by atoms with E-state index in [0.717, 1.165) is 31.2 Å². The molecular weight excluding hydrogens is 357 g/mol. The average Bonchev–Trinajstić information content (AvgIpc) is 2.88. The molecule has 0 saturated heterocycles. The van der Waals surface area contributed by atoms with Gasteiger partial charge in [-0.1, -0.05) is 42.6 Å². The molecule has 0 aliphatic heterocycles. The number of nitrogens with zero attached hydrogens (tertiary/aromatic N) is 1. The second-order valence-electron chi connectivity index (χ2n) is 6.07. The summed E-state index contributed by atoms with van der Waals surface area (Å²) < 4.78 is 0. The molecular formula is C16H26Cl3N3O. The summed E-state index contributed by atoms with van der Waals surface area (Å²) >= 11 is 6.27. The van der Waals surface area contributed by atoms with Gasteiger partial charge in [0.15, 0.2) is 0 Å². The van der Waals surface area contributed by atoms with Crippen LogP contribution in [0.5, 0.6) is 0 Å². The summed E-state index contributed by atoms with van der Waals surface area (Å²) in [5, 5.41) is 3.72. The summed E-state index contributed by atoms with van der Waals surface area (Å²) in [6.45, 7) is 0.508. The maximum Gasteiger partial charge on any atom is 0.240 e. The van der Waals surface area contributed by atoms with Crippen LogP contribution in [-0.2, 0) is 4.79 Å². The van der Waals surface area contributed by atoms with Crippen molar-refractivity contribution in [1.82, 2.24) is 10.2 Å². The van der Waals surface area contributed by atoms with Gasteiger partial charge in [-0.05, 0) is 38.6 Å². The number of benzene rings is 1. The Morgan fingerprint density at radius 2 is 1.87 bits per heavy atom. The van der Waals surface area contributed by atoms with Gasteiger partial charge in [0.05, 0.1) is 11.6 Å². The Kier molecular flexibility index (Phi) is 9.48. The molecule has 1 atom stereocenters. The number of halogens is 3. The van der Waals surface area contributed by atoms with Crippen LogP contribution < -0.4 is 11.1 Å². The molecule has 1 amide bonds. The molecule has 2 rings (SSSR count). The highest BCUT2D eigenvalue weighted by Crippen LogP contribution is 2.28. The van der Waals surface area contributed by atoms with Crippen LogP contribution in [-0.4, -0.2) is 37.0 Å². The highest BCUT2D eigenvalue weighted by molar-refractivity contribution is 6.31. The van der Waals surface area contributed by atoms with Gasteiger partial charge in [0.1, 0.15) is 0 Å². The third-order valence-electron chi connectivity index (χ3n) is 4.29. The SMILES string of the molecule is CN(C)C(CNC(=O)C1(N)CCCC1)c1ccccc1Cl.Cl.Cl. The Morgan fingerprint density at radius 3 is 2.39 bits per heavy atom.